The number of methoxy groups -OCH3 is 2. The molecular weight excluding hydrogens is 531 g/mol. The summed E-state index contributed by atoms with van der Waals surface area (Å²) in [5.74, 6) is -2.84. The highest BCUT2D eigenvalue weighted by atomic mass is 32.2. The number of carbonyl (C=O) groups excluding carboxylic acids is 1. The van der Waals surface area contributed by atoms with Crippen molar-refractivity contribution < 1.29 is 50.5 Å². The van der Waals surface area contributed by atoms with E-state index in [0.29, 0.717) is 22.0 Å². The van der Waals surface area contributed by atoms with Crippen molar-refractivity contribution in [3.63, 3.8) is 0 Å². The number of halogens is 3. The fourth-order valence-electron chi connectivity index (χ4n) is 3.37. The van der Waals surface area contributed by atoms with Crippen molar-refractivity contribution in [1.29, 1.82) is 0 Å². The molecule has 0 saturated carbocycles. The van der Waals surface area contributed by atoms with Crippen LogP contribution in [0.2, 0.25) is 0 Å². The van der Waals surface area contributed by atoms with Crippen LogP contribution in [0.4, 0.5) is 18.9 Å². The molecule has 9 nitrogen and oxygen atoms in total. The van der Waals surface area contributed by atoms with Crippen molar-refractivity contribution in [2.45, 2.75) is 23.9 Å². The number of sulfonamides is 1. The summed E-state index contributed by atoms with van der Waals surface area (Å²) >= 11 is 0. The second-order valence-corrected chi connectivity index (χ2v) is 9.51. The van der Waals surface area contributed by atoms with Gasteiger partial charge in [0.15, 0.2) is 0 Å². The molecule has 0 spiro atoms. The Labute approximate surface area is 216 Å². The summed E-state index contributed by atoms with van der Waals surface area (Å²) in [6, 6.07) is 14.3. The third-order valence-corrected chi connectivity index (χ3v) is 7.03. The number of carboxylic acid groups (broad SMARTS) is 1. The van der Waals surface area contributed by atoms with Crippen molar-refractivity contribution in [3.05, 3.63) is 89.5 Å². The molecular formula is C25H22F3NO8S. The average molecular weight is 554 g/mol. The Hall–Kier alpha value is -4.10. The second kappa shape index (κ2) is 11.5. The monoisotopic (exact) mass is 553 g/mol. The first-order valence-electron chi connectivity index (χ1n) is 10.8. The summed E-state index contributed by atoms with van der Waals surface area (Å²) in [6.45, 7) is -0.358. The van der Waals surface area contributed by atoms with Crippen LogP contribution < -0.4 is 9.04 Å². The van der Waals surface area contributed by atoms with E-state index >= 15 is 0 Å². The second-order valence-electron chi connectivity index (χ2n) is 7.70. The lowest BCUT2D eigenvalue weighted by atomic mass is 10.1. The smallest absolute Gasteiger partial charge is 0.416 e. The molecule has 0 fully saturated rings. The summed E-state index contributed by atoms with van der Waals surface area (Å²) in [5, 5.41) is 9.05. The number of carbonyl (C=O) groups is 2. The maximum absolute atomic E-state index is 13.7. The van der Waals surface area contributed by atoms with Crippen LogP contribution in [0, 0.1) is 0 Å². The number of rotatable bonds is 10. The van der Waals surface area contributed by atoms with Crippen LogP contribution in [0.3, 0.4) is 0 Å². The zero-order valence-electron chi connectivity index (χ0n) is 20.0. The van der Waals surface area contributed by atoms with Crippen LogP contribution in [0.15, 0.2) is 77.7 Å². The number of alkyl halides is 3. The van der Waals surface area contributed by atoms with Gasteiger partial charge in [-0.15, -0.1) is 0 Å². The third kappa shape index (κ3) is 6.23. The zero-order chi connectivity index (χ0) is 28.1. The fourth-order valence-corrected chi connectivity index (χ4v) is 4.93. The molecule has 0 aliphatic heterocycles. The van der Waals surface area contributed by atoms with E-state index in [1.165, 1.54) is 48.5 Å². The number of esters is 1. The average Bonchev–Trinajstić information content (AvgIpc) is 2.90. The van der Waals surface area contributed by atoms with Gasteiger partial charge in [-0.2, -0.15) is 13.2 Å². The van der Waals surface area contributed by atoms with Gasteiger partial charge in [-0.1, -0.05) is 30.3 Å². The maximum Gasteiger partial charge on any atom is 0.416 e. The van der Waals surface area contributed by atoms with Gasteiger partial charge in [0.2, 0.25) is 6.23 Å². The van der Waals surface area contributed by atoms with Gasteiger partial charge >= 0.3 is 18.1 Å². The first-order valence-corrected chi connectivity index (χ1v) is 12.2. The molecule has 3 aromatic carbocycles. The number of anilines is 1. The fraction of sp³-hybridized carbons (Fsp3) is 0.200. The van der Waals surface area contributed by atoms with Gasteiger partial charge in [0.05, 0.1) is 28.8 Å². The molecule has 1 N–H and O–H groups in total. The minimum Gasteiger partial charge on any atom is -0.487 e. The van der Waals surface area contributed by atoms with Gasteiger partial charge in [-0.3, -0.25) is 0 Å². The van der Waals surface area contributed by atoms with E-state index in [9.17, 15) is 31.2 Å². The molecule has 0 saturated heterocycles. The van der Waals surface area contributed by atoms with Crippen LogP contribution in [-0.4, -0.2) is 45.9 Å². The Morgan fingerprint density at radius 1 is 0.974 bits per heavy atom. The molecule has 0 aliphatic carbocycles. The lowest BCUT2D eigenvalue weighted by Gasteiger charge is -2.31. The number of carboxylic acids is 1. The zero-order valence-corrected chi connectivity index (χ0v) is 20.8. The summed E-state index contributed by atoms with van der Waals surface area (Å²) in [5.41, 5.74) is -1.20. The van der Waals surface area contributed by atoms with Crippen molar-refractivity contribution in [1.82, 2.24) is 0 Å². The summed E-state index contributed by atoms with van der Waals surface area (Å²) in [4.78, 5) is 23.3. The Balaban J connectivity index is 2.17. The lowest BCUT2D eigenvalue weighted by molar-refractivity contribution is -0.151. The van der Waals surface area contributed by atoms with Gasteiger partial charge in [-0.25, -0.2) is 22.3 Å². The van der Waals surface area contributed by atoms with Crippen LogP contribution in [0.25, 0.3) is 0 Å². The van der Waals surface area contributed by atoms with Crippen molar-refractivity contribution in [3.8, 4) is 5.75 Å². The molecule has 3 rings (SSSR count). The quantitative estimate of drug-likeness (QED) is 0.291. The maximum atomic E-state index is 13.7. The van der Waals surface area contributed by atoms with E-state index in [4.69, 9.17) is 14.6 Å². The number of benzene rings is 3. The van der Waals surface area contributed by atoms with Gasteiger partial charge in [-0.05, 0) is 48.0 Å². The molecule has 38 heavy (non-hydrogen) atoms. The Bertz CT molecular complexity index is 1390. The number of hydrogen-bond donors (Lipinski definition) is 1. The molecule has 202 valence electrons. The minimum absolute atomic E-state index is 0.0188. The predicted octanol–water partition coefficient (Wildman–Crippen LogP) is 4.32. The molecule has 3 aromatic rings. The van der Waals surface area contributed by atoms with E-state index < -0.39 is 51.4 Å². The van der Waals surface area contributed by atoms with E-state index in [1.54, 1.807) is 6.07 Å². The van der Waals surface area contributed by atoms with Crippen molar-refractivity contribution in [2.24, 2.45) is 0 Å². The summed E-state index contributed by atoms with van der Waals surface area (Å²) in [7, 11) is -2.58. The Morgan fingerprint density at radius 2 is 1.61 bits per heavy atom. The van der Waals surface area contributed by atoms with Crippen molar-refractivity contribution in [2.75, 3.05) is 18.5 Å². The van der Waals surface area contributed by atoms with Gasteiger partial charge in [0.25, 0.3) is 10.0 Å². The first kappa shape index (κ1) is 28.5. The lowest BCUT2D eigenvalue weighted by Crippen LogP contribution is -2.47. The molecule has 1 atom stereocenters. The summed E-state index contributed by atoms with van der Waals surface area (Å²) < 4.78 is 83.9. The predicted molar refractivity (Wildman–Crippen MR) is 128 cm³/mol. The van der Waals surface area contributed by atoms with Crippen molar-refractivity contribution >= 4 is 27.6 Å². The van der Waals surface area contributed by atoms with Gasteiger partial charge in [0, 0.05) is 7.11 Å². The topological polar surface area (TPSA) is 119 Å². The molecule has 0 aromatic heterocycles. The highest BCUT2D eigenvalue weighted by Crippen LogP contribution is 2.40. The van der Waals surface area contributed by atoms with Crippen LogP contribution in [-0.2, 0) is 37.1 Å². The van der Waals surface area contributed by atoms with E-state index in [-0.39, 0.29) is 17.1 Å². The molecule has 0 heterocycles. The van der Waals surface area contributed by atoms with Gasteiger partial charge in [0.1, 0.15) is 12.4 Å². The minimum atomic E-state index is -4.80. The molecule has 13 heteroatoms. The molecule has 0 amide bonds. The third-order valence-electron chi connectivity index (χ3n) is 5.26. The number of aromatic carboxylic acids is 1. The molecule has 0 aliphatic rings. The van der Waals surface area contributed by atoms with Crippen LogP contribution in [0.5, 0.6) is 5.75 Å². The SMILES string of the molecule is COC(=O)C(OC)N(c1ccc(C(F)(F)F)cc1OCc1ccc(C(=O)O)cc1)S(=O)(=O)c1ccccc1. The molecule has 0 bridgehead atoms. The Morgan fingerprint density at radius 3 is 2.13 bits per heavy atom. The first-order chi connectivity index (χ1) is 17.9. The van der Waals surface area contributed by atoms with E-state index in [1.807, 2.05) is 0 Å². The molecule has 1 unspecified atom stereocenters. The largest absolute Gasteiger partial charge is 0.487 e. The standard InChI is InChI=1S/C25H22F3NO8S/c1-35-22(24(32)36-2)29(38(33,34)19-6-4-3-5-7-19)20-13-12-18(25(26,27)28)14-21(20)37-15-16-8-10-17(11-9-16)23(30)31/h3-14,22H,15H2,1-2H3,(H,30,31). The highest BCUT2D eigenvalue weighted by molar-refractivity contribution is 7.93. The van der Waals surface area contributed by atoms with Crippen LogP contribution in [0.1, 0.15) is 21.5 Å². The Kier molecular flexibility index (Phi) is 8.63. The van der Waals surface area contributed by atoms with E-state index in [2.05, 4.69) is 4.74 Å². The highest BCUT2D eigenvalue weighted by Gasteiger charge is 2.40. The van der Waals surface area contributed by atoms with E-state index in [0.717, 1.165) is 20.3 Å². The number of nitrogens with zero attached hydrogens (tertiary/aromatic N) is 1. The van der Waals surface area contributed by atoms with Gasteiger partial charge < -0.3 is 19.3 Å². The summed E-state index contributed by atoms with van der Waals surface area (Å²) in [6.07, 6.45) is -6.72. The normalized spacial score (nSPS) is 12.4. The number of hydrogen-bond acceptors (Lipinski definition) is 7. The van der Waals surface area contributed by atoms with Crippen LogP contribution >= 0.6 is 0 Å². The molecule has 0 radical (unpaired) electrons. The number of ether oxygens (including phenoxy) is 3.